The Morgan fingerprint density at radius 1 is 1.43 bits per heavy atom. The number of amides is 1. The molecule has 1 aliphatic heterocycles. The van der Waals surface area contributed by atoms with Crippen LogP contribution in [-0.4, -0.2) is 34.6 Å². The summed E-state index contributed by atoms with van der Waals surface area (Å²) in [4.78, 5) is 13.5. The van der Waals surface area contributed by atoms with Gasteiger partial charge in [0.15, 0.2) is 0 Å². The minimum atomic E-state index is -0.417. The van der Waals surface area contributed by atoms with Crippen molar-refractivity contribution in [3.8, 4) is 0 Å². The van der Waals surface area contributed by atoms with Crippen LogP contribution in [0, 0.1) is 5.92 Å². The molecule has 0 aromatic carbocycles. The Hall–Kier alpha value is -0.570. The Balaban J connectivity index is 1.97. The van der Waals surface area contributed by atoms with E-state index in [9.17, 15) is 9.90 Å². The Labute approximate surface area is 85.1 Å². The summed E-state index contributed by atoms with van der Waals surface area (Å²) in [5.74, 6) is 0.885. The number of likely N-dealkylation sites (tertiary alicyclic amines) is 1. The number of hydrogen-bond donors (Lipinski definition) is 1. The smallest absolute Gasteiger partial charge is 0.225 e. The summed E-state index contributed by atoms with van der Waals surface area (Å²) in [6, 6.07) is 0.406. The molecule has 80 valence electrons. The van der Waals surface area contributed by atoms with Crippen LogP contribution in [0.5, 0.6) is 0 Å². The lowest BCUT2D eigenvalue weighted by atomic mass is 9.86. The molecule has 1 N–H and O–H groups in total. The molecule has 3 atom stereocenters. The number of carbonyl (C=O) groups excluding carboxylic acids is 1. The van der Waals surface area contributed by atoms with Gasteiger partial charge in [-0.05, 0) is 18.8 Å². The van der Waals surface area contributed by atoms with Gasteiger partial charge in [0.25, 0.3) is 0 Å². The van der Waals surface area contributed by atoms with Crippen LogP contribution in [0.25, 0.3) is 0 Å². The van der Waals surface area contributed by atoms with E-state index in [1.165, 1.54) is 12.8 Å². The van der Waals surface area contributed by atoms with E-state index in [4.69, 9.17) is 0 Å². The molecule has 3 nitrogen and oxygen atoms in total. The number of nitrogens with zero attached hydrogens (tertiary/aromatic N) is 1. The summed E-state index contributed by atoms with van der Waals surface area (Å²) in [7, 11) is 0. The van der Waals surface area contributed by atoms with E-state index in [1.54, 1.807) is 0 Å². The highest BCUT2D eigenvalue weighted by Crippen LogP contribution is 2.29. The third-order valence-electron chi connectivity index (χ3n) is 3.49. The minimum absolute atomic E-state index is 0.150. The number of hydrogen-bond acceptors (Lipinski definition) is 2. The molecule has 1 amide bonds. The molecular formula is C11H19NO2. The Bertz CT molecular complexity index is 229. The van der Waals surface area contributed by atoms with Gasteiger partial charge in [0.1, 0.15) is 0 Å². The summed E-state index contributed by atoms with van der Waals surface area (Å²) in [5, 5.41) is 9.40. The van der Waals surface area contributed by atoms with Crippen molar-refractivity contribution in [1.29, 1.82) is 0 Å². The van der Waals surface area contributed by atoms with Crippen LogP contribution in [0.15, 0.2) is 0 Å². The molecule has 1 saturated heterocycles. The zero-order valence-electron chi connectivity index (χ0n) is 8.78. The molecule has 0 spiro atoms. The molecule has 1 saturated carbocycles. The largest absolute Gasteiger partial charge is 0.391 e. The number of carbonyl (C=O) groups is 1. The molecule has 3 unspecified atom stereocenters. The van der Waals surface area contributed by atoms with Crippen LogP contribution in [0.3, 0.4) is 0 Å². The van der Waals surface area contributed by atoms with E-state index in [2.05, 4.69) is 6.92 Å². The lowest BCUT2D eigenvalue weighted by Crippen LogP contribution is -2.39. The van der Waals surface area contributed by atoms with Crippen molar-refractivity contribution in [2.45, 2.75) is 51.2 Å². The first-order valence-electron chi connectivity index (χ1n) is 5.64. The third kappa shape index (κ3) is 1.92. The first-order chi connectivity index (χ1) is 6.66. The maximum Gasteiger partial charge on any atom is 0.225 e. The molecule has 3 heteroatoms. The summed E-state index contributed by atoms with van der Waals surface area (Å²) in [6.45, 7) is 2.82. The van der Waals surface area contributed by atoms with E-state index >= 15 is 0 Å². The molecule has 2 fully saturated rings. The standard InChI is InChI=1S/C11H19NO2/c1-8-3-2-4-9(5-8)12-7-10(13)6-11(12)14/h8-10,13H,2-7H2,1H3. The molecule has 0 aromatic rings. The summed E-state index contributed by atoms with van der Waals surface area (Å²) in [6.07, 6.45) is 4.69. The zero-order chi connectivity index (χ0) is 10.1. The highest BCUT2D eigenvalue weighted by atomic mass is 16.3. The molecule has 1 heterocycles. The van der Waals surface area contributed by atoms with Crippen molar-refractivity contribution in [3.05, 3.63) is 0 Å². The van der Waals surface area contributed by atoms with Crippen molar-refractivity contribution in [2.75, 3.05) is 6.54 Å². The van der Waals surface area contributed by atoms with Crippen LogP contribution < -0.4 is 0 Å². The van der Waals surface area contributed by atoms with Gasteiger partial charge in [-0.15, -0.1) is 0 Å². The van der Waals surface area contributed by atoms with E-state index in [0.29, 0.717) is 19.0 Å². The molecule has 1 aliphatic carbocycles. The maximum atomic E-state index is 11.6. The molecule has 0 radical (unpaired) electrons. The summed E-state index contributed by atoms with van der Waals surface area (Å²) >= 11 is 0. The van der Waals surface area contributed by atoms with Crippen LogP contribution in [0.4, 0.5) is 0 Å². The van der Waals surface area contributed by atoms with Gasteiger partial charge >= 0.3 is 0 Å². The second-order valence-electron chi connectivity index (χ2n) is 4.83. The normalized spacial score (nSPS) is 39.1. The second-order valence-corrected chi connectivity index (χ2v) is 4.83. The van der Waals surface area contributed by atoms with E-state index in [0.717, 1.165) is 18.8 Å². The van der Waals surface area contributed by atoms with Gasteiger partial charge in [-0.25, -0.2) is 0 Å². The predicted octanol–water partition coefficient (Wildman–Crippen LogP) is 1.16. The number of rotatable bonds is 1. The van der Waals surface area contributed by atoms with E-state index in [-0.39, 0.29) is 5.91 Å². The number of aliphatic hydroxyl groups is 1. The fourth-order valence-corrected chi connectivity index (χ4v) is 2.75. The lowest BCUT2D eigenvalue weighted by Gasteiger charge is -2.34. The number of β-amino-alcohol motifs (C(OH)–C–C–N with tert-alkyl or cyclic N) is 1. The average molecular weight is 197 g/mol. The van der Waals surface area contributed by atoms with Crippen LogP contribution in [-0.2, 0) is 4.79 Å². The van der Waals surface area contributed by atoms with Crippen LogP contribution >= 0.6 is 0 Å². The first kappa shape index (κ1) is 9.97. The highest BCUT2D eigenvalue weighted by molar-refractivity contribution is 5.79. The van der Waals surface area contributed by atoms with E-state index in [1.807, 2.05) is 4.90 Å². The zero-order valence-corrected chi connectivity index (χ0v) is 8.78. The van der Waals surface area contributed by atoms with Crippen molar-refractivity contribution in [3.63, 3.8) is 0 Å². The SMILES string of the molecule is CC1CCCC(N2CC(O)CC2=O)C1. The molecule has 0 aromatic heterocycles. The quantitative estimate of drug-likeness (QED) is 0.685. The molecule has 2 aliphatic rings. The van der Waals surface area contributed by atoms with Crippen molar-refractivity contribution in [2.24, 2.45) is 5.92 Å². The molecule has 0 bridgehead atoms. The molecule has 14 heavy (non-hydrogen) atoms. The predicted molar refractivity (Wildman–Crippen MR) is 53.8 cm³/mol. The van der Waals surface area contributed by atoms with Crippen molar-refractivity contribution >= 4 is 5.91 Å². The van der Waals surface area contributed by atoms with Gasteiger partial charge in [0, 0.05) is 12.6 Å². The van der Waals surface area contributed by atoms with Crippen molar-refractivity contribution < 1.29 is 9.90 Å². The average Bonchev–Trinajstić information content (AvgIpc) is 2.45. The minimum Gasteiger partial charge on any atom is -0.391 e. The number of aliphatic hydroxyl groups excluding tert-OH is 1. The Kier molecular flexibility index (Phi) is 2.77. The van der Waals surface area contributed by atoms with Gasteiger partial charge in [-0.3, -0.25) is 4.79 Å². The molecule has 2 rings (SSSR count). The fraction of sp³-hybridized carbons (Fsp3) is 0.909. The van der Waals surface area contributed by atoms with Gasteiger partial charge in [0.2, 0.25) is 5.91 Å². The van der Waals surface area contributed by atoms with Gasteiger partial charge in [0.05, 0.1) is 12.5 Å². The molecular weight excluding hydrogens is 178 g/mol. The van der Waals surface area contributed by atoms with Gasteiger partial charge in [-0.1, -0.05) is 19.8 Å². The van der Waals surface area contributed by atoms with Crippen molar-refractivity contribution in [1.82, 2.24) is 4.90 Å². The topological polar surface area (TPSA) is 40.5 Å². The third-order valence-corrected chi connectivity index (χ3v) is 3.49. The maximum absolute atomic E-state index is 11.6. The van der Waals surface area contributed by atoms with Crippen LogP contribution in [0.1, 0.15) is 39.0 Å². The van der Waals surface area contributed by atoms with Gasteiger partial charge < -0.3 is 10.0 Å². The Morgan fingerprint density at radius 2 is 2.21 bits per heavy atom. The second kappa shape index (κ2) is 3.89. The van der Waals surface area contributed by atoms with E-state index < -0.39 is 6.10 Å². The summed E-state index contributed by atoms with van der Waals surface area (Å²) < 4.78 is 0. The Morgan fingerprint density at radius 3 is 2.79 bits per heavy atom. The monoisotopic (exact) mass is 197 g/mol. The first-order valence-corrected chi connectivity index (χ1v) is 5.64. The summed E-state index contributed by atoms with van der Waals surface area (Å²) in [5.41, 5.74) is 0. The lowest BCUT2D eigenvalue weighted by molar-refractivity contribution is -0.130. The fourth-order valence-electron chi connectivity index (χ4n) is 2.75. The highest BCUT2D eigenvalue weighted by Gasteiger charge is 2.34. The van der Waals surface area contributed by atoms with Crippen LogP contribution in [0.2, 0.25) is 0 Å². The van der Waals surface area contributed by atoms with Gasteiger partial charge in [-0.2, -0.15) is 0 Å².